The number of nitrogens with one attached hydrogen (secondary N) is 1. The second kappa shape index (κ2) is 4.78. The topological polar surface area (TPSA) is 139 Å². The van der Waals surface area contributed by atoms with E-state index in [4.69, 9.17) is 20.3 Å². The highest BCUT2D eigenvalue weighted by molar-refractivity contribution is 7.44. The van der Waals surface area contributed by atoms with E-state index in [0.717, 1.165) is 22.9 Å². The number of fused-ring (bicyclic) bond motifs is 1. The largest absolute Gasteiger partial charge is 0.369 e. The molecule has 9 nitrogen and oxygen atoms in total. The van der Waals surface area contributed by atoms with Crippen LogP contribution in [0.2, 0.25) is 0 Å². The number of anilines is 1. The first-order chi connectivity index (χ1) is 9.49. The maximum Gasteiger partial charge on any atom is 0.350 e. The van der Waals surface area contributed by atoms with Crippen molar-refractivity contribution >= 4 is 20.0 Å². The van der Waals surface area contributed by atoms with Crippen molar-refractivity contribution < 1.29 is 14.5 Å². The lowest BCUT2D eigenvalue weighted by Crippen LogP contribution is -2.21. The van der Waals surface area contributed by atoms with Crippen LogP contribution >= 0.6 is 8.38 Å². The molecule has 1 aliphatic rings. The molecule has 0 spiro atoms. The van der Waals surface area contributed by atoms with Gasteiger partial charge in [-0.2, -0.15) is 14.6 Å². The lowest BCUT2D eigenvalue weighted by atomic mass is 10.1. The van der Waals surface area contributed by atoms with E-state index in [1.54, 1.807) is 6.20 Å². The van der Waals surface area contributed by atoms with Crippen LogP contribution in [0.5, 0.6) is 0 Å². The van der Waals surface area contributed by atoms with Gasteiger partial charge in [-0.05, 0) is 12.8 Å². The summed E-state index contributed by atoms with van der Waals surface area (Å²) in [5.41, 5.74) is 5.82. The van der Waals surface area contributed by atoms with Gasteiger partial charge in [0.2, 0.25) is 5.95 Å². The summed E-state index contributed by atoms with van der Waals surface area (Å²) in [6.45, 7) is 0. The molecule has 0 amide bonds. The second-order valence-corrected chi connectivity index (χ2v) is 5.84. The minimum atomic E-state index is -2.07. The molecule has 0 radical (unpaired) electrons. The molecule has 0 unspecified atom stereocenters. The van der Waals surface area contributed by atoms with Crippen LogP contribution in [0.1, 0.15) is 18.4 Å². The molecule has 0 aliphatic heterocycles. The van der Waals surface area contributed by atoms with Crippen molar-refractivity contribution in [3.8, 4) is 0 Å². The number of nitrogen functional groups attached to an aromatic ring is 1. The van der Waals surface area contributed by atoms with Gasteiger partial charge in [-0.1, -0.05) is 0 Å². The third-order valence-electron chi connectivity index (χ3n) is 3.28. The third kappa shape index (κ3) is 2.53. The van der Waals surface area contributed by atoms with Gasteiger partial charge in [0.05, 0.1) is 11.8 Å². The number of nitrogens with two attached hydrogens (primary N) is 1. The first-order valence-corrected chi connectivity index (χ1v) is 7.44. The first kappa shape index (κ1) is 13.4. The Bertz CT molecular complexity index is 693. The van der Waals surface area contributed by atoms with Gasteiger partial charge in [-0.25, -0.2) is 4.79 Å². The van der Waals surface area contributed by atoms with Gasteiger partial charge in [-0.15, -0.1) is 0 Å². The summed E-state index contributed by atoms with van der Waals surface area (Å²) < 4.78 is 6.68. The highest BCUT2D eigenvalue weighted by atomic mass is 31.2. The Morgan fingerprint density at radius 1 is 1.55 bits per heavy atom. The number of H-pyrrole nitrogens is 1. The van der Waals surface area contributed by atoms with Gasteiger partial charge in [0.15, 0.2) is 14.0 Å². The van der Waals surface area contributed by atoms with E-state index in [-0.39, 0.29) is 12.3 Å². The van der Waals surface area contributed by atoms with Crippen molar-refractivity contribution in [2.45, 2.75) is 24.9 Å². The Morgan fingerprint density at radius 3 is 2.95 bits per heavy atom. The Labute approximate surface area is 114 Å². The van der Waals surface area contributed by atoms with Crippen LogP contribution in [0.4, 0.5) is 5.95 Å². The molecular weight excluding hydrogens is 285 g/mol. The zero-order chi connectivity index (χ0) is 14.3. The van der Waals surface area contributed by atoms with Crippen molar-refractivity contribution in [1.82, 2.24) is 19.6 Å². The average molecular weight is 299 g/mol. The van der Waals surface area contributed by atoms with Crippen molar-refractivity contribution in [3.63, 3.8) is 0 Å². The molecule has 3 rings (SSSR count). The maximum atomic E-state index is 11.6. The Balaban J connectivity index is 1.86. The molecule has 0 atom stereocenters. The smallest absolute Gasteiger partial charge is 0.350 e. The highest BCUT2D eigenvalue weighted by Gasteiger charge is 2.45. The summed E-state index contributed by atoms with van der Waals surface area (Å²) in [6, 6.07) is 0. The fraction of sp³-hybridized carbons (Fsp3) is 0.500. The molecule has 0 saturated heterocycles. The highest BCUT2D eigenvalue weighted by Crippen LogP contribution is 2.45. The zero-order valence-corrected chi connectivity index (χ0v) is 11.4. The molecular formula is C10H14N5O4P. The Kier molecular flexibility index (Phi) is 3.21. The minimum absolute atomic E-state index is 0.0317. The van der Waals surface area contributed by atoms with Crippen LogP contribution in [-0.4, -0.2) is 41.3 Å². The van der Waals surface area contributed by atoms with E-state index >= 15 is 0 Å². The third-order valence-corrected chi connectivity index (χ3v) is 3.64. The molecule has 1 fully saturated rings. The zero-order valence-electron chi connectivity index (χ0n) is 10.5. The van der Waals surface area contributed by atoms with Crippen LogP contribution in [-0.2, 0) is 11.2 Å². The maximum absolute atomic E-state index is 11.6. The second-order valence-electron chi connectivity index (χ2n) is 4.84. The van der Waals surface area contributed by atoms with Gasteiger partial charge in [0.25, 0.3) is 0 Å². The summed E-state index contributed by atoms with van der Waals surface area (Å²) in [4.78, 5) is 35.9. The summed E-state index contributed by atoms with van der Waals surface area (Å²) in [5, 5.41) is 3.97. The molecule has 2 aromatic heterocycles. The summed E-state index contributed by atoms with van der Waals surface area (Å²) in [7, 11) is -2.07. The predicted octanol–water partition coefficient (Wildman–Crippen LogP) is -0.655. The monoisotopic (exact) mass is 299 g/mol. The fourth-order valence-electron chi connectivity index (χ4n) is 2.13. The molecule has 2 heterocycles. The lowest BCUT2D eigenvalue weighted by molar-refractivity contribution is 0.0599. The van der Waals surface area contributed by atoms with E-state index in [9.17, 15) is 4.79 Å². The normalized spacial score (nSPS) is 16.9. The minimum Gasteiger partial charge on any atom is -0.369 e. The summed E-state index contributed by atoms with van der Waals surface area (Å²) >= 11 is 0. The number of hydrogen-bond donors (Lipinski definition) is 4. The molecule has 0 bridgehead atoms. The van der Waals surface area contributed by atoms with Crippen LogP contribution in [0, 0.1) is 0 Å². The number of rotatable bonds is 5. The Morgan fingerprint density at radius 2 is 2.30 bits per heavy atom. The van der Waals surface area contributed by atoms with E-state index < -0.39 is 19.7 Å². The number of aromatic amines is 1. The number of aromatic nitrogens is 4. The molecule has 10 heteroatoms. The van der Waals surface area contributed by atoms with Gasteiger partial charge in [0.1, 0.15) is 6.35 Å². The standard InChI is InChI=1S/C10H14N5O4P/c11-8-13-7-6(4-12-15(7)9(16)14-8)3-10(1-2-10)19-5-20(17)18/h4,17-18H,1-3,5H2,(H3,11,13,14,16). The first-order valence-electron chi connectivity index (χ1n) is 6.01. The van der Waals surface area contributed by atoms with E-state index in [1.165, 1.54) is 0 Å². The molecule has 5 N–H and O–H groups in total. The molecule has 2 aromatic rings. The van der Waals surface area contributed by atoms with Crippen molar-refractivity contribution in [3.05, 3.63) is 22.2 Å². The van der Waals surface area contributed by atoms with E-state index in [1.807, 2.05) is 0 Å². The van der Waals surface area contributed by atoms with Crippen LogP contribution in [0.3, 0.4) is 0 Å². The summed E-state index contributed by atoms with van der Waals surface area (Å²) in [5.74, 6) is 0.0317. The van der Waals surface area contributed by atoms with Crippen molar-refractivity contribution in [2.24, 2.45) is 0 Å². The number of nitrogens with zero attached hydrogens (tertiary/aromatic N) is 3. The lowest BCUT2D eigenvalue weighted by Gasteiger charge is -2.16. The molecule has 0 aromatic carbocycles. The Hall–Kier alpha value is -1.54. The van der Waals surface area contributed by atoms with Gasteiger partial charge in [-0.3, -0.25) is 4.98 Å². The number of ether oxygens (including phenoxy) is 1. The fourth-order valence-corrected chi connectivity index (χ4v) is 2.52. The average Bonchev–Trinajstić information content (AvgIpc) is 3.03. The number of hydrogen-bond acceptors (Lipinski definition) is 7. The predicted molar refractivity (Wildman–Crippen MR) is 71.0 cm³/mol. The van der Waals surface area contributed by atoms with Crippen LogP contribution in [0.25, 0.3) is 5.65 Å². The summed E-state index contributed by atoms with van der Waals surface area (Å²) in [6.07, 6.45) is 3.64. The van der Waals surface area contributed by atoms with E-state index in [2.05, 4.69) is 15.1 Å². The quantitative estimate of drug-likeness (QED) is 0.538. The van der Waals surface area contributed by atoms with Gasteiger partial charge in [0, 0.05) is 12.0 Å². The molecule has 1 aliphatic carbocycles. The molecule has 1 saturated carbocycles. The van der Waals surface area contributed by atoms with Gasteiger partial charge < -0.3 is 20.3 Å². The molecule has 20 heavy (non-hydrogen) atoms. The SMILES string of the molecule is Nc1nc2c(CC3(OCP(O)O)CC3)cnn2c(=O)[nH]1. The van der Waals surface area contributed by atoms with Gasteiger partial charge >= 0.3 is 5.69 Å². The van der Waals surface area contributed by atoms with E-state index in [0.29, 0.717) is 12.1 Å². The van der Waals surface area contributed by atoms with Crippen molar-refractivity contribution in [1.29, 1.82) is 0 Å². The van der Waals surface area contributed by atoms with Crippen LogP contribution < -0.4 is 11.4 Å². The van der Waals surface area contributed by atoms with Crippen molar-refractivity contribution in [2.75, 3.05) is 12.1 Å². The van der Waals surface area contributed by atoms with Crippen LogP contribution in [0.15, 0.2) is 11.0 Å². The molecule has 108 valence electrons.